The van der Waals surface area contributed by atoms with E-state index < -0.39 is 6.92 Å². The molecule has 0 unspecified atom stereocenters. The van der Waals surface area contributed by atoms with E-state index in [4.69, 9.17) is 0 Å². The summed E-state index contributed by atoms with van der Waals surface area (Å²) in [5.74, 6) is 0. The maximum Gasteiger partial charge on any atom is 0.359 e. The molecule has 0 aliphatic carbocycles. The Kier molecular flexibility index (Phi) is 4.82. The van der Waals surface area contributed by atoms with E-state index in [1.165, 1.54) is 5.56 Å². The van der Waals surface area contributed by atoms with Crippen LogP contribution in [-0.4, -0.2) is 11.9 Å². The van der Waals surface area contributed by atoms with Crippen molar-refractivity contribution in [2.24, 2.45) is 0 Å². The third kappa shape index (κ3) is 3.01. The first-order valence-corrected chi connectivity index (χ1v) is 7.04. The van der Waals surface area contributed by atoms with Crippen LogP contribution in [0.5, 0.6) is 0 Å². The van der Waals surface area contributed by atoms with Crippen molar-refractivity contribution in [1.82, 2.24) is 0 Å². The van der Waals surface area contributed by atoms with Gasteiger partial charge in [-0.1, -0.05) is 81.1 Å². The number of hydrogen-bond acceptors (Lipinski definition) is 1. The van der Waals surface area contributed by atoms with E-state index in [-0.39, 0.29) is 7.43 Å². The molecule has 1 N–H and O–H groups in total. The maximum atomic E-state index is 10.7. The summed E-state index contributed by atoms with van der Waals surface area (Å²) in [6.45, 7) is 1.56. The van der Waals surface area contributed by atoms with Crippen molar-refractivity contribution >= 4 is 28.6 Å². The van der Waals surface area contributed by atoms with Crippen LogP contribution >= 0.6 is 0 Å². The highest BCUT2D eigenvalue weighted by atomic mass is 16.2. The van der Waals surface area contributed by atoms with Gasteiger partial charge in [0, 0.05) is 0 Å². The molecule has 0 aliphatic rings. The summed E-state index contributed by atoms with van der Waals surface area (Å²) >= 11 is 0. The molecule has 3 aromatic carbocycles. The predicted molar refractivity (Wildman–Crippen MR) is 93.7 cm³/mol. The number of hydrogen-bond donors (Lipinski definition) is 1. The molecule has 0 heterocycles. The molecule has 0 bridgehead atoms. The van der Waals surface area contributed by atoms with Gasteiger partial charge >= 0.3 is 6.92 Å². The molecule has 0 saturated heterocycles. The van der Waals surface area contributed by atoms with Gasteiger partial charge in [-0.15, -0.1) is 0 Å². The van der Waals surface area contributed by atoms with Crippen molar-refractivity contribution in [2.75, 3.05) is 0 Å². The van der Waals surface area contributed by atoms with Crippen LogP contribution in [0.4, 0.5) is 0 Å². The van der Waals surface area contributed by atoms with Gasteiger partial charge in [-0.05, 0) is 33.7 Å². The molecule has 3 aromatic rings. The second-order valence-electron chi connectivity index (χ2n) is 5.07. The van der Waals surface area contributed by atoms with E-state index in [1.807, 2.05) is 36.4 Å². The molecule has 0 aliphatic heterocycles. The predicted octanol–water partition coefficient (Wildman–Crippen LogP) is 3.14. The van der Waals surface area contributed by atoms with Gasteiger partial charge in [0.1, 0.15) is 0 Å². The van der Waals surface area contributed by atoms with E-state index in [0.717, 1.165) is 28.1 Å². The standard InChI is InChI=1S/C18H17BO.CH4/c1-2-14-10-12-16(13-11-14)19(20)18-9-5-7-15-6-3-4-8-17(15)18;/h3-13,20H,2H2,1H3;1H4. The minimum atomic E-state index is -0.577. The lowest BCUT2D eigenvalue weighted by Gasteiger charge is -2.11. The first kappa shape index (κ1) is 15.3. The van der Waals surface area contributed by atoms with E-state index in [2.05, 4.69) is 37.3 Å². The zero-order chi connectivity index (χ0) is 13.9. The SMILES string of the molecule is C.CCc1ccc(B(O)c2cccc3ccccc23)cc1. The number of fused-ring (bicyclic) bond motifs is 1. The summed E-state index contributed by atoms with van der Waals surface area (Å²) in [7, 11) is 0. The normalized spacial score (nSPS) is 10.2. The van der Waals surface area contributed by atoms with Crippen LogP contribution in [0.15, 0.2) is 66.7 Å². The average Bonchev–Trinajstić information content (AvgIpc) is 2.54. The monoisotopic (exact) mass is 276 g/mol. The summed E-state index contributed by atoms with van der Waals surface area (Å²) < 4.78 is 0. The number of benzene rings is 3. The van der Waals surface area contributed by atoms with Crippen LogP contribution in [0.2, 0.25) is 0 Å². The van der Waals surface area contributed by atoms with Crippen LogP contribution in [-0.2, 0) is 6.42 Å². The summed E-state index contributed by atoms with van der Waals surface area (Å²) in [6, 6.07) is 22.5. The van der Waals surface area contributed by atoms with Crippen molar-refractivity contribution in [2.45, 2.75) is 20.8 Å². The van der Waals surface area contributed by atoms with Crippen molar-refractivity contribution in [3.8, 4) is 0 Å². The molecule has 0 amide bonds. The molecule has 1 nitrogen and oxygen atoms in total. The van der Waals surface area contributed by atoms with Gasteiger partial charge in [0.2, 0.25) is 0 Å². The highest BCUT2D eigenvalue weighted by Crippen LogP contribution is 2.11. The molecule has 21 heavy (non-hydrogen) atoms. The van der Waals surface area contributed by atoms with Crippen LogP contribution in [0, 0.1) is 0 Å². The molecule has 0 fully saturated rings. The zero-order valence-electron chi connectivity index (χ0n) is 11.6. The lowest BCUT2D eigenvalue weighted by molar-refractivity contribution is 0.600. The van der Waals surface area contributed by atoms with E-state index in [0.29, 0.717) is 0 Å². The molecular formula is C19H21BO. The van der Waals surface area contributed by atoms with Gasteiger partial charge in [0.15, 0.2) is 0 Å². The van der Waals surface area contributed by atoms with Gasteiger partial charge in [0.25, 0.3) is 0 Å². The minimum Gasteiger partial charge on any atom is -0.443 e. The first-order valence-electron chi connectivity index (χ1n) is 7.04. The van der Waals surface area contributed by atoms with Gasteiger partial charge in [-0.25, -0.2) is 0 Å². The number of rotatable bonds is 3. The Bertz CT molecular complexity index is 714. The Morgan fingerprint density at radius 1 is 0.857 bits per heavy atom. The molecule has 0 saturated carbocycles. The van der Waals surface area contributed by atoms with Gasteiger partial charge in [0.05, 0.1) is 0 Å². The quantitative estimate of drug-likeness (QED) is 0.729. The lowest BCUT2D eigenvalue weighted by atomic mass is 9.55. The van der Waals surface area contributed by atoms with Crippen LogP contribution < -0.4 is 10.9 Å². The van der Waals surface area contributed by atoms with Crippen molar-refractivity contribution in [1.29, 1.82) is 0 Å². The fourth-order valence-electron chi connectivity index (χ4n) is 2.60. The Balaban J connectivity index is 0.00000161. The molecule has 3 rings (SSSR count). The molecule has 0 atom stereocenters. The van der Waals surface area contributed by atoms with Crippen LogP contribution in [0.3, 0.4) is 0 Å². The summed E-state index contributed by atoms with van der Waals surface area (Å²) in [5.41, 5.74) is 3.20. The third-order valence-electron chi connectivity index (χ3n) is 3.82. The Morgan fingerprint density at radius 2 is 1.52 bits per heavy atom. The zero-order valence-corrected chi connectivity index (χ0v) is 11.6. The van der Waals surface area contributed by atoms with Crippen LogP contribution in [0.1, 0.15) is 19.9 Å². The van der Waals surface area contributed by atoms with Crippen molar-refractivity contribution in [3.63, 3.8) is 0 Å². The summed E-state index contributed by atoms with van der Waals surface area (Å²) in [5, 5.41) is 12.9. The fourth-order valence-corrected chi connectivity index (χ4v) is 2.60. The Hall–Kier alpha value is -2.06. The number of aryl methyl sites for hydroxylation is 1. The topological polar surface area (TPSA) is 20.2 Å². The maximum absolute atomic E-state index is 10.7. The average molecular weight is 276 g/mol. The highest BCUT2D eigenvalue weighted by molar-refractivity contribution is 6.80. The molecule has 2 heteroatoms. The second-order valence-corrected chi connectivity index (χ2v) is 5.07. The Labute approximate surface area is 127 Å². The summed E-state index contributed by atoms with van der Waals surface area (Å²) in [6.07, 6.45) is 1.02. The van der Waals surface area contributed by atoms with E-state index in [9.17, 15) is 5.02 Å². The third-order valence-corrected chi connectivity index (χ3v) is 3.82. The van der Waals surface area contributed by atoms with E-state index >= 15 is 0 Å². The molecule has 0 aromatic heterocycles. The fraction of sp³-hybridized carbons (Fsp3) is 0.158. The van der Waals surface area contributed by atoms with Crippen molar-refractivity contribution < 1.29 is 5.02 Å². The van der Waals surface area contributed by atoms with Gasteiger partial charge < -0.3 is 5.02 Å². The molecule has 0 radical (unpaired) electrons. The van der Waals surface area contributed by atoms with Gasteiger partial charge in [-0.2, -0.15) is 0 Å². The Morgan fingerprint density at radius 3 is 2.24 bits per heavy atom. The van der Waals surface area contributed by atoms with Crippen LogP contribution in [0.25, 0.3) is 10.8 Å². The molecule has 0 spiro atoms. The van der Waals surface area contributed by atoms with Crippen molar-refractivity contribution in [3.05, 3.63) is 72.3 Å². The highest BCUT2D eigenvalue weighted by Gasteiger charge is 2.18. The summed E-state index contributed by atoms with van der Waals surface area (Å²) in [4.78, 5) is 0. The van der Waals surface area contributed by atoms with Gasteiger partial charge in [-0.3, -0.25) is 0 Å². The largest absolute Gasteiger partial charge is 0.443 e. The molecule has 106 valence electrons. The van der Waals surface area contributed by atoms with E-state index in [1.54, 1.807) is 0 Å². The lowest BCUT2D eigenvalue weighted by Crippen LogP contribution is -2.42. The second kappa shape index (κ2) is 6.60. The first-order chi connectivity index (χ1) is 9.79. The minimum absolute atomic E-state index is 0. The molecular weight excluding hydrogens is 255 g/mol. The smallest absolute Gasteiger partial charge is 0.359 e.